The molecule has 1 saturated heterocycles. The van der Waals surface area contributed by atoms with Gasteiger partial charge in [0.15, 0.2) is 17.5 Å². The van der Waals surface area contributed by atoms with Gasteiger partial charge in [-0.2, -0.15) is 22.0 Å². The van der Waals surface area contributed by atoms with Crippen LogP contribution >= 0.6 is 0 Å². The second-order valence-corrected chi connectivity index (χ2v) is 11.0. The van der Waals surface area contributed by atoms with Crippen molar-refractivity contribution in [3.05, 3.63) is 83.1 Å². The lowest BCUT2D eigenvalue weighted by molar-refractivity contribution is -0.226. The zero-order valence-corrected chi connectivity index (χ0v) is 23.0. The molecule has 15 heteroatoms. The van der Waals surface area contributed by atoms with E-state index in [0.717, 1.165) is 6.07 Å². The first kappa shape index (κ1) is 30.3. The van der Waals surface area contributed by atoms with Gasteiger partial charge in [0.05, 0.1) is 17.6 Å². The van der Waals surface area contributed by atoms with Crippen LogP contribution in [0.4, 0.5) is 22.0 Å². The van der Waals surface area contributed by atoms with Gasteiger partial charge in [0.25, 0.3) is 0 Å². The normalized spacial score (nSPS) is 28.0. The molecule has 2 aromatic carbocycles. The molecule has 0 saturated carbocycles. The maximum Gasteiger partial charge on any atom is 0.416 e. The van der Waals surface area contributed by atoms with Gasteiger partial charge in [0.1, 0.15) is 48.6 Å². The van der Waals surface area contributed by atoms with Gasteiger partial charge in [-0.15, -0.1) is 0 Å². The molecular formula is C29H27F5N4O6. The molecule has 2 aliphatic rings. The first-order valence-corrected chi connectivity index (χ1v) is 13.6. The summed E-state index contributed by atoms with van der Waals surface area (Å²) in [6.45, 7) is 1.24. The van der Waals surface area contributed by atoms with Gasteiger partial charge in [0, 0.05) is 0 Å². The Bertz CT molecular complexity index is 1700. The maximum absolute atomic E-state index is 15.1. The van der Waals surface area contributed by atoms with Crippen molar-refractivity contribution in [3.63, 3.8) is 0 Å². The van der Waals surface area contributed by atoms with Crippen LogP contribution in [0.3, 0.4) is 0 Å². The van der Waals surface area contributed by atoms with Gasteiger partial charge >= 0.3 is 12.1 Å². The molecular weight excluding hydrogens is 595 g/mol. The van der Waals surface area contributed by atoms with Gasteiger partial charge < -0.3 is 29.9 Å². The minimum Gasteiger partial charge on any atom is -0.491 e. The molecule has 1 aliphatic carbocycles. The minimum absolute atomic E-state index is 0.0661. The first-order chi connectivity index (χ1) is 20.7. The monoisotopic (exact) mass is 622 g/mol. The summed E-state index contributed by atoms with van der Waals surface area (Å²) in [6, 6.07) is 8.02. The number of alkyl halides is 5. The summed E-state index contributed by atoms with van der Waals surface area (Å²) < 4.78 is 84.2. The van der Waals surface area contributed by atoms with Crippen LogP contribution < -0.4 is 4.74 Å². The maximum atomic E-state index is 15.1. The molecule has 234 valence electrons. The fraction of sp³-hybridized carbons (Fsp3) is 0.414. The number of aliphatic hydroxyl groups is 4. The first-order valence-electron chi connectivity index (χ1n) is 13.6. The molecule has 3 heterocycles. The molecule has 1 unspecified atom stereocenters. The van der Waals surface area contributed by atoms with Crippen LogP contribution in [0.15, 0.2) is 55.1 Å². The predicted octanol–water partition coefficient (Wildman–Crippen LogP) is 3.35. The number of imidazole rings is 1. The van der Waals surface area contributed by atoms with Crippen molar-refractivity contribution >= 4 is 11.2 Å². The van der Waals surface area contributed by atoms with E-state index in [-0.39, 0.29) is 22.4 Å². The van der Waals surface area contributed by atoms with Crippen molar-refractivity contribution in [3.8, 4) is 5.75 Å². The zero-order chi connectivity index (χ0) is 31.6. The Morgan fingerprint density at radius 1 is 1.02 bits per heavy atom. The molecule has 0 bridgehead atoms. The number of aliphatic hydroxyl groups excluding tert-OH is 3. The number of rotatable bonds is 7. The van der Waals surface area contributed by atoms with E-state index in [1.54, 1.807) is 6.92 Å². The molecule has 0 amide bonds. The Morgan fingerprint density at radius 3 is 2.52 bits per heavy atom. The van der Waals surface area contributed by atoms with E-state index in [1.807, 2.05) is 0 Å². The Labute approximate surface area is 246 Å². The summed E-state index contributed by atoms with van der Waals surface area (Å²) in [5.74, 6) is -4.29. The van der Waals surface area contributed by atoms with Crippen LogP contribution in [-0.2, 0) is 22.9 Å². The number of benzene rings is 2. The van der Waals surface area contributed by atoms with Crippen LogP contribution in [0.5, 0.6) is 5.75 Å². The third-order valence-electron chi connectivity index (χ3n) is 8.23. The molecule has 4 aromatic rings. The average molecular weight is 623 g/mol. The number of ether oxygens (including phenoxy) is 2. The number of aryl methyl sites for hydroxylation is 2. The molecule has 1 aliphatic heterocycles. The molecule has 0 radical (unpaired) electrons. The molecule has 4 N–H and O–H groups in total. The summed E-state index contributed by atoms with van der Waals surface area (Å²) in [5.41, 5.74) is -3.01. The number of hydrogen-bond donors (Lipinski definition) is 4. The van der Waals surface area contributed by atoms with Gasteiger partial charge in [-0.3, -0.25) is 4.57 Å². The predicted molar refractivity (Wildman–Crippen MR) is 141 cm³/mol. The highest BCUT2D eigenvalue weighted by Gasteiger charge is 2.64. The van der Waals surface area contributed by atoms with E-state index in [1.165, 1.54) is 47.6 Å². The van der Waals surface area contributed by atoms with Crippen molar-refractivity contribution < 1.29 is 51.9 Å². The fourth-order valence-corrected chi connectivity index (χ4v) is 5.82. The summed E-state index contributed by atoms with van der Waals surface area (Å²) in [4.78, 5) is 12.4. The van der Waals surface area contributed by atoms with Crippen LogP contribution in [0, 0.1) is 6.92 Å². The minimum atomic E-state index is -4.82. The number of halogens is 5. The largest absolute Gasteiger partial charge is 0.491 e. The number of aromatic nitrogens is 4. The quantitative estimate of drug-likeness (QED) is 0.228. The van der Waals surface area contributed by atoms with E-state index in [9.17, 15) is 33.6 Å². The van der Waals surface area contributed by atoms with Crippen LogP contribution in [0.25, 0.3) is 11.2 Å². The Kier molecular flexibility index (Phi) is 7.36. The summed E-state index contributed by atoms with van der Waals surface area (Å²) in [5, 5.41) is 42.5. The van der Waals surface area contributed by atoms with E-state index >= 15 is 8.78 Å². The highest BCUT2D eigenvalue weighted by Crippen LogP contribution is 2.56. The third kappa shape index (κ3) is 4.88. The van der Waals surface area contributed by atoms with E-state index in [2.05, 4.69) is 15.0 Å². The molecule has 6 rings (SSSR count). The van der Waals surface area contributed by atoms with Crippen molar-refractivity contribution in [2.24, 2.45) is 0 Å². The van der Waals surface area contributed by atoms with E-state index in [0.29, 0.717) is 22.9 Å². The smallest absolute Gasteiger partial charge is 0.416 e. The molecule has 10 nitrogen and oxygen atoms in total. The summed E-state index contributed by atoms with van der Waals surface area (Å²) in [7, 11) is 0. The standard InChI is InChI=1S/C29H27F5N4O6/c1-14-21-25(36-12-35-14)38(13-37-21)26-23(40)22(39)20(44-26)11-43-17-9-15(8-16(10-17)29(32,33)34)6-7-27(42)19-5-3-2-4-18(19)24(41)28(27,30)31/h2-5,8-10,12-13,20,22-24,26,39-42H,6-7,11H2,1H3/t20-,22-,23-,24?,26-,27-/m1/s1. The lowest BCUT2D eigenvalue weighted by Crippen LogP contribution is -2.44. The Morgan fingerprint density at radius 2 is 1.77 bits per heavy atom. The molecule has 0 spiro atoms. The number of hydrogen-bond acceptors (Lipinski definition) is 9. The highest BCUT2D eigenvalue weighted by atomic mass is 19.4. The van der Waals surface area contributed by atoms with Crippen molar-refractivity contribution in [2.75, 3.05) is 6.61 Å². The molecule has 2 aromatic heterocycles. The van der Waals surface area contributed by atoms with Crippen molar-refractivity contribution in [1.82, 2.24) is 19.5 Å². The Balaban J connectivity index is 1.21. The summed E-state index contributed by atoms with van der Waals surface area (Å²) >= 11 is 0. The number of fused-ring (bicyclic) bond motifs is 2. The lowest BCUT2D eigenvalue weighted by Gasteiger charge is -2.32. The van der Waals surface area contributed by atoms with Crippen LogP contribution in [0.1, 0.15) is 46.7 Å². The van der Waals surface area contributed by atoms with E-state index in [4.69, 9.17) is 9.47 Å². The van der Waals surface area contributed by atoms with Gasteiger partial charge in [0.2, 0.25) is 0 Å². The molecule has 1 fully saturated rings. The van der Waals surface area contributed by atoms with Crippen molar-refractivity contribution in [2.45, 2.75) is 68.1 Å². The van der Waals surface area contributed by atoms with Gasteiger partial charge in [-0.1, -0.05) is 24.3 Å². The summed E-state index contributed by atoms with van der Waals surface area (Å²) in [6.07, 6.45) is -10.8. The third-order valence-corrected chi connectivity index (χ3v) is 8.23. The highest BCUT2D eigenvalue weighted by molar-refractivity contribution is 5.72. The van der Waals surface area contributed by atoms with E-state index < -0.39 is 73.4 Å². The lowest BCUT2D eigenvalue weighted by atomic mass is 9.86. The topological polar surface area (TPSA) is 143 Å². The van der Waals surface area contributed by atoms with Crippen LogP contribution in [-0.4, -0.2) is 70.8 Å². The second-order valence-electron chi connectivity index (χ2n) is 11.0. The fourth-order valence-electron chi connectivity index (χ4n) is 5.82. The molecule has 44 heavy (non-hydrogen) atoms. The Hall–Kier alpha value is -3.76. The van der Waals surface area contributed by atoms with Crippen LogP contribution in [0.2, 0.25) is 0 Å². The average Bonchev–Trinajstić information content (AvgIpc) is 3.58. The zero-order valence-electron chi connectivity index (χ0n) is 23.0. The molecule has 6 atom stereocenters. The van der Waals surface area contributed by atoms with Gasteiger partial charge in [-0.25, -0.2) is 15.0 Å². The second kappa shape index (κ2) is 10.7. The van der Waals surface area contributed by atoms with Gasteiger partial charge in [-0.05, 0) is 54.7 Å². The van der Waals surface area contributed by atoms with Crippen molar-refractivity contribution in [1.29, 1.82) is 0 Å². The number of nitrogens with zero attached hydrogens (tertiary/aromatic N) is 4. The SMILES string of the molecule is Cc1ncnc2c1ncn2[C@@H]1O[C@H](COc2cc(CC[C@@]3(O)c4ccccc4C(O)C3(F)F)cc(C(F)(F)F)c2)[C@@H](O)[C@H]1O.